The van der Waals surface area contributed by atoms with Crippen molar-refractivity contribution in [3.05, 3.63) is 63.0 Å². The van der Waals surface area contributed by atoms with Crippen LogP contribution in [0.4, 0.5) is 13.2 Å². The topological polar surface area (TPSA) is 97.5 Å². The van der Waals surface area contributed by atoms with Crippen LogP contribution in [-0.4, -0.2) is 65.6 Å². The van der Waals surface area contributed by atoms with Crippen LogP contribution < -0.4 is 15.5 Å². The molecule has 1 fully saturated rings. The summed E-state index contributed by atoms with van der Waals surface area (Å²) in [6.07, 6.45) is 1.78. The van der Waals surface area contributed by atoms with Gasteiger partial charge in [0.1, 0.15) is 17.1 Å². The van der Waals surface area contributed by atoms with Crippen molar-refractivity contribution in [2.45, 2.75) is 56.9 Å². The van der Waals surface area contributed by atoms with Crippen molar-refractivity contribution in [2.75, 3.05) is 32.7 Å². The molecule has 1 aromatic heterocycles. The summed E-state index contributed by atoms with van der Waals surface area (Å²) in [4.78, 5) is 29.0. The lowest BCUT2D eigenvalue weighted by molar-refractivity contribution is -0.136. The summed E-state index contributed by atoms with van der Waals surface area (Å²) in [7, 11) is 0. The quantitative estimate of drug-likeness (QED) is 0.234. The summed E-state index contributed by atoms with van der Waals surface area (Å²) < 4.78 is 41.3. The fraction of sp³-hybridized carbons (Fsp3) is 0.500. The van der Waals surface area contributed by atoms with E-state index < -0.39 is 5.92 Å². The number of thiazole rings is 1. The van der Waals surface area contributed by atoms with Gasteiger partial charge < -0.3 is 25.6 Å². The number of halogens is 3. The maximum atomic E-state index is 13.8. The second-order valence-electron chi connectivity index (χ2n) is 10.0. The van der Waals surface area contributed by atoms with Gasteiger partial charge in [-0.05, 0) is 68.1 Å². The van der Waals surface area contributed by atoms with Gasteiger partial charge in [-0.3, -0.25) is 9.59 Å². The normalized spacial score (nSPS) is 15.6. The molecule has 0 unspecified atom stereocenters. The number of carbonyl (C=O) groups excluding carboxylic acids is 1. The number of phenols is 1. The van der Waals surface area contributed by atoms with Crippen molar-refractivity contribution in [2.24, 2.45) is 0 Å². The monoisotopic (exact) mass is 564 g/mol. The van der Waals surface area contributed by atoms with Crippen molar-refractivity contribution in [3.8, 4) is 5.75 Å². The summed E-state index contributed by atoms with van der Waals surface area (Å²) in [6.45, 7) is 2.66. The van der Waals surface area contributed by atoms with E-state index in [1.165, 1.54) is 12.1 Å². The molecule has 39 heavy (non-hydrogen) atoms. The van der Waals surface area contributed by atoms with Crippen LogP contribution in [0.15, 0.2) is 41.2 Å². The number of aromatic amines is 1. The number of aromatic hydroxyl groups is 1. The number of hydrogen-bond donors (Lipinski definition) is 4. The number of nitrogens with zero attached hydrogens (tertiary/aromatic N) is 1. The number of alkyl halides is 2. The molecular weight excluding hydrogens is 529 g/mol. The number of amides is 1. The highest BCUT2D eigenvalue weighted by Crippen LogP contribution is 2.35. The summed E-state index contributed by atoms with van der Waals surface area (Å²) in [5, 5.41) is 16.5. The lowest BCUT2D eigenvalue weighted by Gasteiger charge is -2.37. The summed E-state index contributed by atoms with van der Waals surface area (Å²) >= 11 is 1.06. The molecule has 1 amide bonds. The van der Waals surface area contributed by atoms with E-state index in [-0.39, 0.29) is 60.5 Å². The average Bonchev–Trinajstić information content (AvgIpc) is 3.31. The zero-order valence-corrected chi connectivity index (χ0v) is 22.6. The van der Waals surface area contributed by atoms with Gasteiger partial charge in [-0.25, -0.2) is 13.2 Å². The number of fused-ring (bicyclic) bond motifs is 1. The number of hydrogen-bond acceptors (Lipinski definition) is 6. The van der Waals surface area contributed by atoms with Crippen LogP contribution in [0, 0.1) is 5.82 Å². The first-order valence-electron chi connectivity index (χ1n) is 13.4. The van der Waals surface area contributed by atoms with Gasteiger partial charge in [-0.2, -0.15) is 0 Å². The van der Waals surface area contributed by atoms with Crippen LogP contribution in [0.5, 0.6) is 5.75 Å². The second-order valence-corrected chi connectivity index (χ2v) is 11.0. The van der Waals surface area contributed by atoms with E-state index in [4.69, 9.17) is 0 Å². The number of benzene rings is 2. The highest BCUT2D eigenvalue weighted by atomic mass is 32.1. The molecular formula is C28H35F3N4O3S. The zero-order chi connectivity index (χ0) is 27.8. The Balaban J connectivity index is 1.25. The lowest BCUT2D eigenvalue weighted by atomic mass is 9.91. The van der Waals surface area contributed by atoms with Crippen LogP contribution in [0.25, 0.3) is 10.2 Å². The van der Waals surface area contributed by atoms with Crippen molar-refractivity contribution < 1.29 is 23.1 Å². The highest BCUT2D eigenvalue weighted by molar-refractivity contribution is 7.16. The van der Waals surface area contributed by atoms with Crippen molar-refractivity contribution in [1.29, 1.82) is 0 Å². The Bertz CT molecular complexity index is 1290. The van der Waals surface area contributed by atoms with Gasteiger partial charge in [0.2, 0.25) is 11.8 Å². The molecule has 1 aliphatic carbocycles. The first-order chi connectivity index (χ1) is 18.7. The third-order valence-corrected chi connectivity index (χ3v) is 8.16. The Hall–Kier alpha value is -2.89. The molecule has 0 aliphatic heterocycles. The molecule has 212 valence electrons. The smallest absolute Gasteiger partial charge is 0.305 e. The van der Waals surface area contributed by atoms with Gasteiger partial charge in [0, 0.05) is 44.9 Å². The molecule has 4 N–H and O–H groups in total. The molecule has 1 aliphatic rings. The minimum absolute atomic E-state index is 0.0391. The van der Waals surface area contributed by atoms with E-state index in [1.54, 1.807) is 29.2 Å². The van der Waals surface area contributed by atoms with Crippen LogP contribution in [0.1, 0.15) is 43.2 Å². The molecule has 0 spiro atoms. The predicted octanol–water partition coefficient (Wildman–Crippen LogP) is 4.20. The SMILES string of the molecule is O=C(CCNCCc1ccc(F)cc1)N(CCNCCc1ccc(O)c2[nH]c(=O)sc12)C1CCC(F)(F)CC1. The standard InChI is InChI=1S/C28H35F3N4O3S/c29-21-4-1-19(2-5-21)9-14-32-16-11-24(37)35(22-7-12-28(30,31)13-8-22)18-17-33-15-10-20-3-6-23(36)25-26(20)39-27(38)34-25/h1-6,22,32-33,36H,7-18H2,(H,34,38). The Morgan fingerprint density at radius 3 is 2.46 bits per heavy atom. The van der Waals surface area contributed by atoms with Crippen LogP contribution in [0.3, 0.4) is 0 Å². The number of carbonyl (C=O) groups is 1. The Morgan fingerprint density at radius 1 is 1.03 bits per heavy atom. The molecule has 0 radical (unpaired) electrons. The third kappa shape index (κ3) is 8.30. The van der Waals surface area contributed by atoms with Crippen LogP contribution in [0.2, 0.25) is 0 Å². The van der Waals surface area contributed by atoms with Gasteiger partial charge >= 0.3 is 4.87 Å². The van der Waals surface area contributed by atoms with Gasteiger partial charge in [0.05, 0.1) is 4.70 Å². The van der Waals surface area contributed by atoms with E-state index in [0.29, 0.717) is 51.1 Å². The second kappa shape index (κ2) is 13.5. The third-order valence-electron chi connectivity index (χ3n) is 7.21. The van der Waals surface area contributed by atoms with Crippen molar-refractivity contribution in [1.82, 2.24) is 20.5 Å². The van der Waals surface area contributed by atoms with E-state index in [2.05, 4.69) is 15.6 Å². The Labute approximate surface area is 229 Å². The van der Waals surface area contributed by atoms with Crippen LogP contribution >= 0.6 is 11.3 Å². The number of rotatable bonds is 13. The minimum atomic E-state index is -2.66. The summed E-state index contributed by atoms with van der Waals surface area (Å²) in [6, 6.07) is 9.48. The first kappa shape index (κ1) is 29.1. The van der Waals surface area contributed by atoms with Gasteiger partial charge in [-0.1, -0.05) is 29.5 Å². The molecule has 4 rings (SSSR count). The van der Waals surface area contributed by atoms with Crippen molar-refractivity contribution in [3.63, 3.8) is 0 Å². The van der Waals surface area contributed by atoms with E-state index in [1.807, 2.05) is 0 Å². The maximum absolute atomic E-state index is 13.8. The van der Waals surface area contributed by atoms with Gasteiger partial charge in [-0.15, -0.1) is 0 Å². The van der Waals surface area contributed by atoms with E-state index >= 15 is 0 Å². The van der Waals surface area contributed by atoms with Crippen molar-refractivity contribution >= 4 is 27.5 Å². The molecule has 0 bridgehead atoms. The Morgan fingerprint density at radius 2 is 1.72 bits per heavy atom. The summed E-state index contributed by atoms with van der Waals surface area (Å²) in [5.74, 6) is -2.95. The fourth-order valence-corrected chi connectivity index (χ4v) is 5.91. The maximum Gasteiger partial charge on any atom is 0.305 e. The number of phenolic OH excluding ortho intramolecular Hbond substituents is 1. The molecule has 11 heteroatoms. The number of aromatic nitrogens is 1. The average molecular weight is 565 g/mol. The minimum Gasteiger partial charge on any atom is -0.506 e. The zero-order valence-electron chi connectivity index (χ0n) is 21.8. The lowest BCUT2D eigenvalue weighted by Crippen LogP contribution is -2.47. The highest BCUT2D eigenvalue weighted by Gasteiger charge is 2.37. The molecule has 3 aromatic rings. The van der Waals surface area contributed by atoms with E-state index in [9.17, 15) is 27.9 Å². The van der Waals surface area contributed by atoms with Gasteiger partial charge in [0.15, 0.2) is 0 Å². The van der Waals surface area contributed by atoms with Crippen LogP contribution in [-0.2, 0) is 17.6 Å². The molecule has 0 saturated heterocycles. The molecule has 0 atom stereocenters. The fourth-order valence-electron chi connectivity index (χ4n) is 5.01. The Kier molecular flexibility index (Phi) is 10.0. The number of H-pyrrole nitrogens is 1. The number of nitrogens with one attached hydrogen (secondary N) is 3. The first-order valence-corrected chi connectivity index (χ1v) is 14.2. The predicted molar refractivity (Wildman–Crippen MR) is 147 cm³/mol. The van der Waals surface area contributed by atoms with E-state index in [0.717, 1.165) is 27.2 Å². The molecule has 2 aromatic carbocycles. The van der Waals surface area contributed by atoms with Gasteiger partial charge in [0.25, 0.3) is 0 Å². The molecule has 7 nitrogen and oxygen atoms in total. The molecule has 1 saturated carbocycles. The molecule has 1 heterocycles. The largest absolute Gasteiger partial charge is 0.506 e. The summed E-state index contributed by atoms with van der Waals surface area (Å²) in [5.41, 5.74) is 2.39.